The monoisotopic (exact) mass is 306 g/mol. The Labute approximate surface area is 130 Å². The normalized spacial score (nSPS) is 15.9. The summed E-state index contributed by atoms with van der Waals surface area (Å²) in [5, 5.41) is 2.10. The predicted octanol–water partition coefficient (Wildman–Crippen LogP) is 3.84. The molecular formula is C17H23FN2S. The number of nitrogens with zero attached hydrogens (tertiary/aromatic N) is 1. The first-order valence-electron chi connectivity index (χ1n) is 7.24. The van der Waals surface area contributed by atoms with E-state index < -0.39 is 0 Å². The first-order chi connectivity index (χ1) is 9.99. The summed E-state index contributed by atoms with van der Waals surface area (Å²) in [6, 6.07) is 11.3. The number of thiophene rings is 1. The Morgan fingerprint density at radius 3 is 2.38 bits per heavy atom. The molecule has 21 heavy (non-hydrogen) atoms. The van der Waals surface area contributed by atoms with Gasteiger partial charge in [0, 0.05) is 23.0 Å². The smallest absolute Gasteiger partial charge is 0.123 e. The van der Waals surface area contributed by atoms with Crippen molar-refractivity contribution in [1.82, 2.24) is 4.90 Å². The molecule has 0 aliphatic carbocycles. The third kappa shape index (κ3) is 4.13. The SMILES string of the molecule is CC(N)C(c1ccc(F)cc1)N(C)C(C)Cc1cccs1. The van der Waals surface area contributed by atoms with E-state index in [2.05, 4.69) is 36.4 Å². The van der Waals surface area contributed by atoms with Crippen molar-refractivity contribution in [3.05, 3.63) is 58.0 Å². The molecule has 3 unspecified atom stereocenters. The molecule has 0 fully saturated rings. The largest absolute Gasteiger partial charge is 0.326 e. The fourth-order valence-electron chi connectivity index (χ4n) is 2.71. The highest BCUT2D eigenvalue weighted by molar-refractivity contribution is 7.09. The van der Waals surface area contributed by atoms with Gasteiger partial charge in [-0.3, -0.25) is 4.90 Å². The van der Waals surface area contributed by atoms with Crippen LogP contribution in [0.2, 0.25) is 0 Å². The van der Waals surface area contributed by atoms with Crippen LogP contribution < -0.4 is 5.73 Å². The number of hydrogen-bond acceptors (Lipinski definition) is 3. The molecule has 0 aliphatic rings. The molecule has 3 atom stereocenters. The Balaban J connectivity index is 2.15. The maximum atomic E-state index is 13.1. The summed E-state index contributed by atoms with van der Waals surface area (Å²) in [6.07, 6.45) is 0.999. The van der Waals surface area contributed by atoms with E-state index in [0.29, 0.717) is 6.04 Å². The van der Waals surface area contributed by atoms with Crippen molar-refractivity contribution in [3.8, 4) is 0 Å². The highest BCUT2D eigenvalue weighted by Gasteiger charge is 2.25. The van der Waals surface area contributed by atoms with Crippen LogP contribution in [0.25, 0.3) is 0 Å². The van der Waals surface area contributed by atoms with Gasteiger partial charge in [-0.2, -0.15) is 0 Å². The number of nitrogens with two attached hydrogens (primary N) is 1. The zero-order valence-electron chi connectivity index (χ0n) is 12.8. The molecule has 0 amide bonds. The summed E-state index contributed by atoms with van der Waals surface area (Å²) in [5.41, 5.74) is 7.25. The fraction of sp³-hybridized carbons (Fsp3) is 0.412. The molecule has 114 valence electrons. The maximum Gasteiger partial charge on any atom is 0.123 e. The van der Waals surface area contributed by atoms with Gasteiger partial charge >= 0.3 is 0 Å². The molecule has 0 aliphatic heterocycles. The summed E-state index contributed by atoms with van der Waals surface area (Å²) in [7, 11) is 2.09. The van der Waals surface area contributed by atoms with Crippen molar-refractivity contribution >= 4 is 11.3 Å². The second-order valence-electron chi connectivity index (χ2n) is 5.65. The average Bonchev–Trinajstić information content (AvgIpc) is 2.93. The molecule has 1 heterocycles. The van der Waals surface area contributed by atoms with Crippen LogP contribution in [0.15, 0.2) is 41.8 Å². The van der Waals surface area contributed by atoms with Gasteiger partial charge in [-0.05, 0) is 56.5 Å². The lowest BCUT2D eigenvalue weighted by molar-refractivity contribution is 0.164. The van der Waals surface area contributed by atoms with E-state index in [1.807, 2.05) is 19.1 Å². The van der Waals surface area contributed by atoms with Crippen LogP contribution in [0.3, 0.4) is 0 Å². The summed E-state index contributed by atoms with van der Waals surface area (Å²) < 4.78 is 13.1. The Hall–Kier alpha value is -1.23. The van der Waals surface area contributed by atoms with Crippen LogP contribution >= 0.6 is 11.3 Å². The van der Waals surface area contributed by atoms with Gasteiger partial charge in [0.05, 0.1) is 0 Å². The molecule has 2 N–H and O–H groups in total. The second kappa shape index (κ2) is 7.16. The zero-order chi connectivity index (χ0) is 15.4. The van der Waals surface area contributed by atoms with E-state index in [-0.39, 0.29) is 17.9 Å². The highest BCUT2D eigenvalue weighted by atomic mass is 32.1. The fourth-order valence-corrected chi connectivity index (χ4v) is 3.53. The topological polar surface area (TPSA) is 29.3 Å². The van der Waals surface area contributed by atoms with Crippen molar-refractivity contribution < 1.29 is 4.39 Å². The van der Waals surface area contributed by atoms with Gasteiger partial charge in [0.15, 0.2) is 0 Å². The standard InChI is InChI=1S/C17H23FN2S/c1-12(11-16-5-4-10-21-16)20(3)17(13(2)19)14-6-8-15(18)9-7-14/h4-10,12-13,17H,11,19H2,1-3H3. The van der Waals surface area contributed by atoms with E-state index in [1.54, 1.807) is 11.3 Å². The van der Waals surface area contributed by atoms with E-state index in [1.165, 1.54) is 17.0 Å². The molecule has 0 bridgehead atoms. The Bertz CT molecular complexity index is 536. The highest BCUT2D eigenvalue weighted by Crippen LogP contribution is 2.26. The van der Waals surface area contributed by atoms with Crippen LogP contribution in [0.5, 0.6) is 0 Å². The van der Waals surface area contributed by atoms with Gasteiger partial charge in [0.2, 0.25) is 0 Å². The summed E-state index contributed by atoms with van der Waals surface area (Å²) in [6.45, 7) is 4.21. The number of likely N-dealkylation sites (N-methyl/N-ethyl adjacent to an activating group) is 1. The molecule has 0 saturated carbocycles. The van der Waals surface area contributed by atoms with Crippen LogP contribution in [0.4, 0.5) is 4.39 Å². The van der Waals surface area contributed by atoms with Gasteiger partial charge in [-0.25, -0.2) is 4.39 Å². The molecule has 0 radical (unpaired) electrons. The minimum Gasteiger partial charge on any atom is -0.326 e. The summed E-state index contributed by atoms with van der Waals surface area (Å²) in [4.78, 5) is 3.66. The lowest BCUT2D eigenvalue weighted by atomic mass is 9.97. The number of benzene rings is 1. The van der Waals surface area contributed by atoms with Gasteiger partial charge in [-0.15, -0.1) is 11.3 Å². The van der Waals surface area contributed by atoms with E-state index in [4.69, 9.17) is 5.73 Å². The van der Waals surface area contributed by atoms with Gasteiger partial charge in [-0.1, -0.05) is 18.2 Å². The van der Waals surface area contributed by atoms with E-state index in [0.717, 1.165) is 12.0 Å². The molecule has 2 nitrogen and oxygen atoms in total. The lowest BCUT2D eigenvalue weighted by Gasteiger charge is -2.36. The molecule has 0 spiro atoms. The van der Waals surface area contributed by atoms with Crippen molar-refractivity contribution in [2.24, 2.45) is 5.73 Å². The Kier molecular flexibility index (Phi) is 5.51. The van der Waals surface area contributed by atoms with Gasteiger partial charge < -0.3 is 5.73 Å². The predicted molar refractivity (Wildman–Crippen MR) is 88.0 cm³/mol. The van der Waals surface area contributed by atoms with Crippen molar-refractivity contribution in [3.63, 3.8) is 0 Å². The van der Waals surface area contributed by atoms with Crippen LogP contribution in [0.1, 0.15) is 30.3 Å². The average molecular weight is 306 g/mol. The zero-order valence-corrected chi connectivity index (χ0v) is 13.6. The van der Waals surface area contributed by atoms with Gasteiger partial charge in [0.1, 0.15) is 5.82 Å². The molecule has 1 aromatic heterocycles. The molecule has 0 saturated heterocycles. The Morgan fingerprint density at radius 2 is 1.86 bits per heavy atom. The minimum absolute atomic E-state index is 0.0220. The van der Waals surface area contributed by atoms with E-state index in [9.17, 15) is 4.39 Å². The second-order valence-corrected chi connectivity index (χ2v) is 6.69. The number of halogens is 1. The lowest BCUT2D eigenvalue weighted by Crippen LogP contribution is -2.42. The van der Waals surface area contributed by atoms with Crippen molar-refractivity contribution in [2.75, 3.05) is 7.05 Å². The maximum absolute atomic E-state index is 13.1. The molecule has 4 heteroatoms. The molecule has 2 aromatic rings. The number of hydrogen-bond donors (Lipinski definition) is 1. The van der Waals surface area contributed by atoms with Crippen LogP contribution in [0, 0.1) is 5.82 Å². The molecule has 1 aromatic carbocycles. The molecular weight excluding hydrogens is 283 g/mol. The minimum atomic E-state index is -0.212. The quantitative estimate of drug-likeness (QED) is 0.878. The third-order valence-corrected chi connectivity index (χ3v) is 4.82. The molecule has 2 rings (SSSR count). The summed E-state index contributed by atoms with van der Waals surface area (Å²) >= 11 is 1.78. The Morgan fingerprint density at radius 1 is 1.19 bits per heavy atom. The number of rotatable bonds is 6. The van der Waals surface area contributed by atoms with Crippen LogP contribution in [-0.2, 0) is 6.42 Å². The van der Waals surface area contributed by atoms with Gasteiger partial charge in [0.25, 0.3) is 0 Å². The van der Waals surface area contributed by atoms with Crippen molar-refractivity contribution in [1.29, 1.82) is 0 Å². The van der Waals surface area contributed by atoms with Crippen molar-refractivity contribution in [2.45, 2.75) is 38.4 Å². The first kappa shape index (κ1) is 16.1. The third-order valence-electron chi connectivity index (χ3n) is 3.92. The summed E-state index contributed by atoms with van der Waals surface area (Å²) in [5.74, 6) is -0.212. The van der Waals surface area contributed by atoms with Crippen LogP contribution in [-0.4, -0.2) is 24.0 Å². The first-order valence-corrected chi connectivity index (χ1v) is 8.12. The van der Waals surface area contributed by atoms with E-state index >= 15 is 0 Å².